The van der Waals surface area contributed by atoms with Crippen LogP contribution in [0, 0.1) is 6.92 Å². The molecule has 0 N–H and O–H groups in total. The van der Waals surface area contributed by atoms with E-state index in [9.17, 15) is 0 Å². The number of hydrogen-bond donors (Lipinski definition) is 0. The molecule has 0 aliphatic heterocycles. The van der Waals surface area contributed by atoms with Crippen LogP contribution in [0.4, 0.5) is 5.82 Å². The summed E-state index contributed by atoms with van der Waals surface area (Å²) in [5.74, 6) is 0.672. The van der Waals surface area contributed by atoms with E-state index in [1.54, 1.807) is 12.7 Å². The number of benzene rings is 1. The monoisotopic (exact) mass is 355 g/mol. The average molecular weight is 356 g/mol. The van der Waals surface area contributed by atoms with Crippen molar-refractivity contribution in [3.8, 4) is 11.1 Å². The maximum atomic E-state index is 6.07. The van der Waals surface area contributed by atoms with Crippen LogP contribution in [-0.4, -0.2) is 39.9 Å². The normalized spacial score (nSPS) is 11.8. The largest absolute Gasteiger partial charge is 0.369 e. The smallest absolute Gasteiger partial charge is 0.166 e. The zero-order valence-electron chi connectivity index (χ0n) is 15.2. The summed E-state index contributed by atoms with van der Waals surface area (Å²) < 4.78 is 2.23. The Morgan fingerprint density at radius 1 is 1.16 bits per heavy atom. The second-order valence-electron chi connectivity index (χ2n) is 6.54. The Hall–Kier alpha value is -2.40. The maximum absolute atomic E-state index is 6.07. The Labute approximate surface area is 153 Å². The Morgan fingerprint density at radius 3 is 2.44 bits per heavy atom. The molecule has 3 rings (SSSR count). The Balaban J connectivity index is 2.37. The third-order valence-electron chi connectivity index (χ3n) is 4.07. The topological polar surface area (TPSA) is 46.3 Å². The molecule has 0 saturated carbocycles. The molecule has 1 aromatic carbocycles. The van der Waals surface area contributed by atoms with Crippen LogP contribution in [0.15, 0.2) is 35.6 Å². The quantitative estimate of drug-likeness (QED) is 0.495. The van der Waals surface area contributed by atoms with Crippen molar-refractivity contribution in [2.24, 2.45) is 4.99 Å². The van der Waals surface area contributed by atoms with Crippen LogP contribution in [0.1, 0.15) is 25.6 Å². The molecule has 0 aliphatic carbocycles. The van der Waals surface area contributed by atoms with Gasteiger partial charge in [0, 0.05) is 36.4 Å². The molecule has 0 bridgehead atoms. The van der Waals surface area contributed by atoms with Crippen molar-refractivity contribution in [1.82, 2.24) is 19.4 Å². The lowest BCUT2D eigenvalue weighted by Gasteiger charge is -2.12. The van der Waals surface area contributed by atoms with Gasteiger partial charge in [0.1, 0.15) is 12.0 Å². The summed E-state index contributed by atoms with van der Waals surface area (Å²) >= 11 is 6.07. The van der Waals surface area contributed by atoms with E-state index in [2.05, 4.69) is 40.3 Å². The first-order valence-electron chi connectivity index (χ1n) is 8.22. The number of aliphatic imine (C=N–C) groups is 1. The molecule has 0 unspecified atom stereocenters. The van der Waals surface area contributed by atoms with Crippen molar-refractivity contribution in [1.29, 1.82) is 0 Å². The molecular weight excluding hydrogens is 334 g/mol. The first-order valence-corrected chi connectivity index (χ1v) is 8.60. The Bertz CT molecular complexity index is 923. The van der Waals surface area contributed by atoms with Crippen LogP contribution in [0.25, 0.3) is 22.2 Å². The average Bonchev–Trinajstić information content (AvgIpc) is 2.86. The second kappa shape index (κ2) is 6.84. The van der Waals surface area contributed by atoms with Crippen molar-refractivity contribution < 1.29 is 0 Å². The number of aromatic nitrogens is 3. The van der Waals surface area contributed by atoms with E-state index < -0.39 is 0 Å². The van der Waals surface area contributed by atoms with Crippen LogP contribution in [-0.2, 0) is 0 Å². The number of rotatable bonds is 4. The van der Waals surface area contributed by atoms with E-state index in [0.29, 0.717) is 5.82 Å². The highest BCUT2D eigenvalue weighted by molar-refractivity contribution is 6.30. The minimum atomic E-state index is 0.282. The molecule has 0 spiro atoms. The van der Waals surface area contributed by atoms with Gasteiger partial charge in [0.15, 0.2) is 5.82 Å². The van der Waals surface area contributed by atoms with Crippen molar-refractivity contribution in [2.75, 3.05) is 14.1 Å². The first-order chi connectivity index (χ1) is 11.9. The Morgan fingerprint density at radius 2 is 1.84 bits per heavy atom. The highest BCUT2D eigenvalue weighted by Crippen LogP contribution is 2.39. The zero-order chi connectivity index (χ0) is 18.1. The summed E-state index contributed by atoms with van der Waals surface area (Å²) in [5.41, 5.74) is 4.24. The lowest BCUT2D eigenvalue weighted by Crippen LogP contribution is -2.07. The van der Waals surface area contributed by atoms with E-state index in [-0.39, 0.29) is 6.04 Å². The van der Waals surface area contributed by atoms with Gasteiger partial charge in [-0.25, -0.2) is 15.0 Å². The minimum Gasteiger partial charge on any atom is -0.369 e. The molecule has 6 heteroatoms. The van der Waals surface area contributed by atoms with Gasteiger partial charge >= 0.3 is 0 Å². The van der Waals surface area contributed by atoms with Gasteiger partial charge in [-0.1, -0.05) is 23.7 Å². The van der Waals surface area contributed by atoms with Gasteiger partial charge < -0.3 is 9.47 Å². The second-order valence-corrected chi connectivity index (χ2v) is 6.97. The minimum absolute atomic E-state index is 0.282. The predicted octanol–water partition coefficient (Wildman–Crippen LogP) is 4.86. The van der Waals surface area contributed by atoms with Gasteiger partial charge in [0.2, 0.25) is 0 Å². The van der Waals surface area contributed by atoms with Crippen molar-refractivity contribution in [3.63, 3.8) is 0 Å². The molecule has 0 amide bonds. The summed E-state index contributed by atoms with van der Waals surface area (Å²) in [5, 5.41) is 1.69. The standard InChI is InChI=1S/C19H22ClN5/c1-12(2)25-13(3)16(14-6-8-15(20)9-7-14)17-18(23-11-24(4)5)21-10-22-19(17)25/h6-12H,1-5H3. The highest BCUT2D eigenvalue weighted by atomic mass is 35.5. The number of fused-ring (bicyclic) bond motifs is 1. The molecule has 5 nitrogen and oxygen atoms in total. The molecule has 0 aliphatic rings. The predicted molar refractivity (Wildman–Crippen MR) is 105 cm³/mol. The highest BCUT2D eigenvalue weighted by Gasteiger charge is 2.21. The zero-order valence-corrected chi connectivity index (χ0v) is 15.9. The molecule has 25 heavy (non-hydrogen) atoms. The van der Waals surface area contributed by atoms with E-state index in [4.69, 9.17) is 11.6 Å². The van der Waals surface area contributed by atoms with Gasteiger partial charge in [0.25, 0.3) is 0 Å². The molecule has 0 radical (unpaired) electrons. The molecule has 0 atom stereocenters. The van der Waals surface area contributed by atoms with Crippen molar-refractivity contribution >= 4 is 34.8 Å². The lowest BCUT2D eigenvalue weighted by atomic mass is 10.0. The molecule has 0 saturated heterocycles. The number of halogens is 1. The van der Waals surface area contributed by atoms with Gasteiger partial charge in [-0.2, -0.15) is 0 Å². The van der Waals surface area contributed by atoms with Crippen LogP contribution in [0.5, 0.6) is 0 Å². The molecule has 0 fully saturated rings. The van der Waals surface area contributed by atoms with Crippen molar-refractivity contribution in [2.45, 2.75) is 26.8 Å². The Kier molecular flexibility index (Phi) is 4.77. The molecule has 130 valence electrons. The van der Waals surface area contributed by atoms with E-state index in [1.807, 2.05) is 43.3 Å². The summed E-state index contributed by atoms with van der Waals surface area (Å²) in [6, 6.07) is 8.15. The summed E-state index contributed by atoms with van der Waals surface area (Å²) in [7, 11) is 3.87. The maximum Gasteiger partial charge on any atom is 0.166 e. The van der Waals surface area contributed by atoms with Crippen LogP contribution in [0.3, 0.4) is 0 Å². The van der Waals surface area contributed by atoms with E-state index >= 15 is 0 Å². The summed E-state index contributed by atoms with van der Waals surface area (Å²) in [6.45, 7) is 6.43. The van der Waals surface area contributed by atoms with Crippen LogP contribution >= 0.6 is 11.6 Å². The van der Waals surface area contributed by atoms with E-state index in [0.717, 1.165) is 32.9 Å². The van der Waals surface area contributed by atoms with E-state index in [1.165, 1.54) is 0 Å². The van der Waals surface area contributed by atoms with Crippen molar-refractivity contribution in [3.05, 3.63) is 41.3 Å². The summed E-state index contributed by atoms with van der Waals surface area (Å²) in [4.78, 5) is 15.4. The third-order valence-corrected chi connectivity index (χ3v) is 4.32. The van der Waals surface area contributed by atoms with Gasteiger partial charge in [-0.3, -0.25) is 0 Å². The fourth-order valence-corrected chi connectivity index (χ4v) is 3.23. The van der Waals surface area contributed by atoms with Gasteiger partial charge in [0.05, 0.1) is 11.7 Å². The molecule has 2 aromatic heterocycles. The van der Waals surface area contributed by atoms with Gasteiger partial charge in [-0.15, -0.1) is 0 Å². The van der Waals surface area contributed by atoms with Crippen LogP contribution < -0.4 is 0 Å². The lowest BCUT2D eigenvalue weighted by molar-refractivity contribution is 0.603. The summed E-state index contributed by atoms with van der Waals surface area (Å²) in [6.07, 6.45) is 3.34. The first kappa shape index (κ1) is 17.4. The van der Waals surface area contributed by atoms with Gasteiger partial charge in [-0.05, 0) is 38.5 Å². The fraction of sp³-hybridized carbons (Fsp3) is 0.316. The number of hydrogen-bond acceptors (Lipinski definition) is 3. The fourth-order valence-electron chi connectivity index (χ4n) is 3.10. The number of nitrogens with zero attached hydrogens (tertiary/aromatic N) is 5. The third kappa shape index (κ3) is 3.24. The molecular formula is C19H22ClN5. The molecule has 3 aromatic rings. The van der Waals surface area contributed by atoms with Crippen LogP contribution in [0.2, 0.25) is 5.02 Å². The SMILES string of the molecule is Cc1c(-c2ccc(Cl)cc2)c2c(N=CN(C)C)ncnc2n1C(C)C. The molecule has 2 heterocycles.